The van der Waals surface area contributed by atoms with Gasteiger partial charge in [0, 0.05) is 12.2 Å². The minimum atomic E-state index is 0.105. The summed E-state index contributed by atoms with van der Waals surface area (Å²) in [5, 5.41) is 0. The number of nitrogens with two attached hydrogens (primary N) is 1. The molecule has 2 unspecified atom stereocenters. The highest BCUT2D eigenvalue weighted by Gasteiger charge is 2.27. The Bertz CT molecular complexity index is 447. The van der Waals surface area contributed by atoms with Gasteiger partial charge in [0.05, 0.1) is 31.8 Å². The molecule has 1 heterocycles. The van der Waals surface area contributed by atoms with Crippen LogP contribution in [-0.2, 0) is 9.53 Å². The number of amides is 1. The van der Waals surface area contributed by atoms with Gasteiger partial charge in [-0.05, 0) is 38.1 Å². The Labute approximate surface area is 119 Å². The molecule has 2 rings (SSSR count). The minimum absolute atomic E-state index is 0.105. The van der Waals surface area contributed by atoms with Crippen molar-refractivity contribution in [2.75, 3.05) is 25.5 Å². The third kappa shape index (κ3) is 3.87. The molecule has 0 bridgehead atoms. The Morgan fingerprint density at radius 2 is 2.10 bits per heavy atom. The van der Waals surface area contributed by atoms with Crippen LogP contribution in [0.1, 0.15) is 20.3 Å². The molecule has 20 heavy (non-hydrogen) atoms. The first-order valence-corrected chi connectivity index (χ1v) is 6.95. The molecule has 1 aliphatic heterocycles. The normalized spacial score (nSPS) is 22.6. The Hall–Kier alpha value is -1.75. The number of rotatable bonds is 4. The summed E-state index contributed by atoms with van der Waals surface area (Å²) in [5.74, 6) is 0.846. The van der Waals surface area contributed by atoms with Crippen LogP contribution in [0.5, 0.6) is 5.75 Å². The number of carbonyl (C=O) groups excluding carboxylic acids is 1. The molecule has 0 saturated carbocycles. The van der Waals surface area contributed by atoms with E-state index in [4.69, 9.17) is 15.2 Å². The van der Waals surface area contributed by atoms with Crippen LogP contribution in [-0.4, -0.2) is 42.7 Å². The SMILES string of the molecule is CC1CN(C(=O)CCOc2ccc(N)cc2)C(C)CO1. The predicted octanol–water partition coefficient (Wildman–Crippen LogP) is 1.67. The van der Waals surface area contributed by atoms with Crippen LogP contribution in [0.4, 0.5) is 5.69 Å². The number of hydrogen-bond acceptors (Lipinski definition) is 4. The predicted molar refractivity (Wildman–Crippen MR) is 77.6 cm³/mol. The van der Waals surface area contributed by atoms with Crippen molar-refractivity contribution >= 4 is 11.6 Å². The van der Waals surface area contributed by atoms with E-state index in [-0.39, 0.29) is 18.1 Å². The number of carbonyl (C=O) groups is 1. The maximum atomic E-state index is 12.2. The molecule has 0 aliphatic carbocycles. The lowest BCUT2D eigenvalue weighted by molar-refractivity contribution is -0.143. The summed E-state index contributed by atoms with van der Waals surface area (Å²) in [4.78, 5) is 14.0. The highest BCUT2D eigenvalue weighted by molar-refractivity contribution is 5.76. The Balaban J connectivity index is 1.78. The van der Waals surface area contributed by atoms with E-state index in [0.717, 1.165) is 5.75 Å². The molecule has 110 valence electrons. The summed E-state index contributed by atoms with van der Waals surface area (Å²) in [6.45, 7) is 5.62. The molecule has 5 heteroatoms. The molecular weight excluding hydrogens is 256 g/mol. The van der Waals surface area contributed by atoms with Crippen molar-refractivity contribution in [3.8, 4) is 5.75 Å². The Kier molecular flexibility index (Phi) is 4.84. The Morgan fingerprint density at radius 1 is 1.40 bits per heavy atom. The largest absolute Gasteiger partial charge is 0.493 e. The highest BCUT2D eigenvalue weighted by Crippen LogP contribution is 2.15. The molecule has 1 aromatic carbocycles. The molecule has 1 aliphatic rings. The number of ether oxygens (including phenoxy) is 2. The molecule has 1 fully saturated rings. The zero-order chi connectivity index (χ0) is 14.5. The van der Waals surface area contributed by atoms with Crippen molar-refractivity contribution in [2.45, 2.75) is 32.4 Å². The van der Waals surface area contributed by atoms with E-state index in [0.29, 0.717) is 31.9 Å². The summed E-state index contributed by atoms with van der Waals surface area (Å²) in [7, 11) is 0. The lowest BCUT2D eigenvalue weighted by Gasteiger charge is -2.36. The van der Waals surface area contributed by atoms with E-state index in [1.165, 1.54) is 0 Å². The fourth-order valence-corrected chi connectivity index (χ4v) is 2.21. The number of anilines is 1. The number of morpholine rings is 1. The van der Waals surface area contributed by atoms with E-state index in [9.17, 15) is 4.79 Å². The Morgan fingerprint density at radius 3 is 2.80 bits per heavy atom. The fourth-order valence-electron chi connectivity index (χ4n) is 2.21. The van der Waals surface area contributed by atoms with Crippen LogP contribution in [0.3, 0.4) is 0 Å². The van der Waals surface area contributed by atoms with Gasteiger partial charge in [0.2, 0.25) is 5.91 Å². The average Bonchev–Trinajstić information content (AvgIpc) is 2.43. The molecule has 1 amide bonds. The molecule has 5 nitrogen and oxygen atoms in total. The van der Waals surface area contributed by atoms with Crippen LogP contribution in [0.25, 0.3) is 0 Å². The van der Waals surface area contributed by atoms with Gasteiger partial charge in [-0.15, -0.1) is 0 Å². The smallest absolute Gasteiger partial charge is 0.226 e. The monoisotopic (exact) mass is 278 g/mol. The van der Waals surface area contributed by atoms with Crippen molar-refractivity contribution in [2.24, 2.45) is 0 Å². The number of benzene rings is 1. The van der Waals surface area contributed by atoms with E-state index >= 15 is 0 Å². The van der Waals surface area contributed by atoms with Crippen molar-refractivity contribution in [1.29, 1.82) is 0 Å². The highest BCUT2D eigenvalue weighted by atomic mass is 16.5. The minimum Gasteiger partial charge on any atom is -0.493 e. The summed E-state index contributed by atoms with van der Waals surface area (Å²) in [5.41, 5.74) is 6.30. The summed E-state index contributed by atoms with van der Waals surface area (Å²) >= 11 is 0. The van der Waals surface area contributed by atoms with Gasteiger partial charge < -0.3 is 20.1 Å². The van der Waals surface area contributed by atoms with Gasteiger partial charge in [0.25, 0.3) is 0 Å². The quantitative estimate of drug-likeness (QED) is 0.851. The van der Waals surface area contributed by atoms with Gasteiger partial charge in [-0.2, -0.15) is 0 Å². The van der Waals surface area contributed by atoms with Gasteiger partial charge >= 0.3 is 0 Å². The second-order valence-electron chi connectivity index (χ2n) is 5.21. The third-order valence-corrected chi connectivity index (χ3v) is 3.39. The lowest BCUT2D eigenvalue weighted by atomic mass is 10.2. The molecule has 0 aromatic heterocycles. The standard InChI is InChI=1S/C15H22N2O3/c1-11-10-20-12(2)9-17(11)15(18)7-8-19-14-5-3-13(16)4-6-14/h3-6,11-12H,7-10,16H2,1-2H3. The zero-order valence-electron chi connectivity index (χ0n) is 12.0. The molecule has 2 N–H and O–H groups in total. The van der Waals surface area contributed by atoms with Crippen LogP contribution < -0.4 is 10.5 Å². The maximum absolute atomic E-state index is 12.2. The van der Waals surface area contributed by atoms with E-state index in [2.05, 4.69) is 0 Å². The van der Waals surface area contributed by atoms with Crippen molar-refractivity contribution in [3.63, 3.8) is 0 Å². The van der Waals surface area contributed by atoms with E-state index in [1.807, 2.05) is 18.7 Å². The molecule has 2 atom stereocenters. The third-order valence-electron chi connectivity index (χ3n) is 3.39. The van der Waals surface area contributed by atoms with Crippen molar-refractivity contribution in [1.82, 2.24) is 4.90 Å². The molecule has 1 saturated heterocycles. The van der Waals surface area contributed by atoms with E-state index < -0.39 is 0 Å². The topological polar surface area (TPSA) is 64.8 Å². The van der Waals surface area contributed by atoms with Crippen LogP contribution in [0, 0.1) is 0 Å². The van der Waals surface area contributed by atoms with Crippen molar-refractivity contribution < 1.29 is 14.3 Å². The maximum Gasteiger partial charge on any atom is 0.226 e. The molecular formula is C15H22N2O3. The lowest BCUT2D eigenvalue weighted by Crippen LogP contribution is -2.50. The van der Waals surface area contributed by atoms with Crippen molar-refractivity contribution in [3.05, 3.63) is 24.3 Å². The average molecular weight is 278 g/mol. The van der Waals surface area contributed by atoms with Gasteiger partial charge in [-0.25, -0.2) is 0 Å². The molecule has 0 radical (unpaired) electrons. The number of nitrogen functional groups attached to an aromatic ring is 1. The first-order valence-electron chi connectivity index (χ1n) is 6.95. The van der Waals surface area contributed by atoms with Gasteiger partial charge in [-0.1, -0.05) is 0 Å². The number of hydrogen-bond donors (Lipinski definition) is 1. The molecule has 0 spiro atoms. The van der Waals surface area contributed by atoms with Crippen LogP contribution in [0.15, 0.2) is 24.3 Å². The summed E-state index contributed by atoms with van der Waals surface area (Å²) in [6.07, 6.45) is 0.481. The number of nitrogens with zero attached hydrogens (tertiary/aromatic N) is 1. The van der Waals surface area contributed by atoms with E-state index in [1.54, 1.807) is 24.3 Å². The van der Waals surface area contributed by atoms with Crippen LogP contribution in [0.2, 0.25) is 0 Å². The molecule has 1 aromatic rings. The zero-order valence-corrected chi connectivity index (χ0v) is 12.0. The summed E-state index contributed by atoms with van der Waals surface area (Å²) in [6, 6.07) is 7.31. The van der Waals surface area contributed by atoms with Gasteiger partial charge in [0.15, 0.2) is 0 Å². The van der Waals surface area contributed by atoms with Gasteiger partial charge in [0.1, 0.15) is 5.75 Å². The summed E-state index contributed by atoms with van der Waals surface area (Å²) < 4.78 is 11.1. The second-order valence-corrected chi connectivity index (χ2v) is 5.21. The van der Waals surface area contributed by atoms with Gasteiger partial charge in [-0.3, -0.25) is 4.79 Å². The first kappa shape index (κ1) is 14.7. The van der Waals surface area contributed by atoms with Crippen LogP contribution >= 0.6 is 0 Å². The first-order chi connectivity index (χ1) is 9.56. The second kappa shape index (κ2) is 6.61. The fraction of sp³-hybridized carbons (Fsp3) is 0.533.